The second-order valence-corrected chi connectivity index (χ2v) is 8.41. The summed E-state index contributed by atoms with van der Waals surface area (Å²) < 4.78 is 10.6. The van der Waals surface area contributed by atoms with Gasteiger partial charge in [-0.1, -0.05) is 67.0 Å². The molecule has 1 aliphatic carbocycles. The molecule has 1 aliphatic rings. The molecule has 1 atom stereocenters. The highest BCUT2D eigenvalue weighted by molar-refractivity contribution is 5.92. The van der Waals surface area contributed by atoms with Gasteiger partial charge in [-0.05, 0) is 28.7 Å². The van der Waals surface area contributed by atoms with E-state index in [4.69, 9.17) is 14.4 Å². The van der Waals surface area contributed by atoms with E-state index in [0.717, 1.165) is 28.7 Å². The van der Waals surface area contributed by atoms with Crippen LogP contribution < -0.4 is 10.6 Å². The fourth-order valence-corrected chi connectivity index (χ4v) is 4.36. The van der Waals surface area contributed by atoms with Crippen LogP contribution in [0.4, 0.5) is 4.79 Å². The molecule has 0 unspecified atom stereocenters. The highest BCUT2D eigenvalue weighted by Gasteiger charge is 2.29. The van der Waals surface area contributed by atoms with Crippen LogP contribution in [0.1, 0.15) is 59.5 Å². The number of carbonyl (C=O) groups excluding carboxylic acids is 2. The number of carboxylic acid groups (broad SMARTS) is 1. The Balaban J connectivity index is 1.29. The fraction of sp³-hybridized carbons (Fsp3) is 0.308. The summed E-state index contributed by atoms with van der Waals surface area (Å²) >= 11 is 0. The van der Waals surface area contributed by atoms with Crippen molar-refractivity contribution in [2.75, 3.05) is 6.61 Å². The number of aliphatic carboxylic acids is 1. The largest absolute Gasteiger partial charge is 0.481 e. The number of benzene rings is 2. The Morgan fingerprint density at radius 1 is 1.09 bits per heavy atom. The minimum atomic E-state index is -0.989. The zero-order valence-corrected chi connectivity index (χ0v) is 19.3. The van der Waals surface area contributed by atoms with Crippen LogP contribution in [0.15, 0.2) is 59.1 Å². The van der Waals surface area contributed by atoms with Crippen molar-refractivity contribution < 1.29 is 28.8 Å². The molecule has 2 amide bonds. The summed E-state index contributed by atoms with van der Waals surface area (Å²) in [6.07, 6.45) is 0.477. The van der Waals surface area contributed by atoms with Crippen LogP contribution in [0.5, 0.6) is 0 Å². The van der Waals surface area contributed by atoms with Crippen LogP contribution >= 0.6 is 0 Å². The van der Waals surface area contributed by atoms with Crippen molar-refractivity contribution in [3.8, 4) is 11.1 Å². The molecule has 3 aromatic rings. The molecule has 9 nitrogen and oxygen atoms in total. The van der Waals surface area contributed by atoms with Gasteiger partial charge in [0, 0.05) is 18.0 Å². The van der Waals surface area contributed by atoms with E-state index < -0.39 is 24.0 Å². The van der Waals surface area contributed by atoms with Gasteiger partial charge in [0.15, 0.2) is 11.5 Å². The Hall–Kier alpha value is -4.14. The predicted octanol–water partition coefficient (Wildman–Crippen LogP) is 4.09. The number of ether oxygens (including phenoxy) is 1. The van der Waals surface area contributed by atoms with Crippen LogP contribution in [0.3, 0.4) is 0 Å². The second-order valence-electron chi connectivity index (χ2n) is 8.41. The molecule has 0 spiro atoms. The van der Waals surface area contributed by atoms with Gasteiger partial charge < -0.3 is 25.0 Å². The Labute approximate surface area is 202 Å². The number of carbonyl (C=O) groups is 3. The monoisotopic (exact) mass is 477 g/mol. The molecule has 1 heterocycles. The number of rotatable bonds is 10. The minimum Gasteiger partial charge on any atom is -0.481 e. The van der Waals surface area contributed by atoms with Crippen molar-refractivity contribution in [2.24, 2.45) is 0 Å². The number of hydrogen-bond acceptors (Lipinski definition) is 6. The second kappa shape index (κ2) is 10.9. The summed E-state index contributed by atoms with van der Waals surface area (Å²) in [5.41, 5.74) is 4.55. The Morgan fingerprint density at radius 3 is 2.37 bits per heavy atom. The number of amides is 2. The first kappa shape index (κ1) is 24.0. The van der Waals surface area contributed by atoms with Crippen LogP contribution in [0.2, 0.25) is 0 Å². The van der Waals surface area contributed by atoms with E-state index in [2.05, 4.69) is 27.9 Å². The standard InChI is InChI=1S/C26H27N3O6/c1-2-7-16(12-24(30)31)28-25(32)23-13-17(35-29-23)14-27-26(33)34-15-22-20-10-5-3-8-18(20)19-9-4-6-11-21(19)22/h3-6,8-11,13,16,22H,2,7,12,14-15H2,1H3,(H,27,33)(H,28,32)(H,30,31)/t16-/m1/s1. The van der Waals surface area contributed by atoms with Crippen molar-refractivity contribution >= 4 is 18.0 Å². The van der Waals surface area contributed by atoms with Gasteiger partial charge in [0.1, 0.15) is 6.61 Å². The zero-order valence-electron chi connectivity index (χ0n) is 19.3. The van der Waals surface area contributed by atoms with Gasteiger partial charge in [-0.15, -0.1) is 0 Å². The summed E-state index contributed by atoms with van der Waals surface area (Å²) in [6.45, 7) is 2.08. The highest BCUT2D eigenvalue weighted by Crippen LogP contribution is 2.44. The molecule has 0 aliphatic heterocycles. The molecule has 0 radical (unpaired) electrons. The number of alkyl carbamates (subject to hydrolysis) is 1. The number of fused-ring (bicyclic) bond motifs is 3. The number of nitrogens with one attached hydrogen (secondary N) is 2. The van der Waals surface area contributed by atoms with Gasteiger partial charge in [0.05, 0.1) is 13.0 Å². The summed E-state index contributed by atoms with van der Waals surface area (Å²) in [7, 11) is 0. The van der Waals surface area contributed by atoms with E-state index in [-0.39, 0.29) is 36.9 Å². The van der Waals surface area contributed by atoms with E-state index in [1.807, 2.05) is 43.3 Å². The van der Waals surface area contributed by atoms with Gasteiger partial charge in [0.2, 0.25) is 0 Å². The minimum absolute atomic E-state index is 0.00946. The van der Waals surface area contributed by atoms with E-state index in [1.54, 1.807) is 0 Å². The molecule has 182 valence electrons. The van der Waals surface area contributed by atoms with E-state index >= 15 is 0 Å². The van der Waals surface area contributed by atoms with E-state index in [1.165, 1.54) is 6.07 Å². The fourth-order valence-electron chi connectivity index (χ4n) is 4.36. The number of carboxylic acids is 1. The van der Waals surface area contributed by atoms with Crippen LogP contribution in [0, 0.1) is 0 Å². The van der Waals surface area contributed by atoms with Gasteiger partial charge in [-0.2, -0.15) is 0 Å². The molecule has 0 fully saturated rings. The molecule has 9 heteroatoms. The van der Waals surface area contributed by atoms with E-state index in [9.17, 15) is 14.4 Å². The maximum Gasteiger partial charge on any atom is 0.407 e. The van der Waals surface area contributed by atoms with Crippen molar-refractivity contribution in [3.05, 3.63) is 77.2 Å². The number of aromatic nitrogens is 1. The number of nitrogens with zero attached hydrogens (tertiary/aromatic N) is 1. The van der Waals surface area contributed by atoms with Crippen LogP contribution in [-0.2, 0) is 16.1 Å². The topological polar surface area (TPSA) is 131 Å². The molecule has 4 rings (SSSR count). The lowest BCUT2D eigenvalue weighted by Crippen LogP contribution is -2.36. The average molecular weight is 478 g/mol. The first-order chi connectivity index (χ1) is 17.0. The van der Waals surface area contributed by atoms with Crippen LogP contribution in [-0.4, -0.2) is 40.9 Å². The van der Waals surface area contributed by atoms with Gasteiger partial charge >= 0.3 is 12.1 Å². The van der Waals surface area contributed by atoms with Crippen molar-refractivity contribution in [1.82, 2.24) is 15.8 Å². The molecule has 3 N–H and O–H groups in total. The summed E-state index contributed by atoms with van der Waals surface area (Å²) in [4.78, 5) is 35.7. The maximum absolute atomic E-state index is 12.4. The quantitative estimate of drug-likeness (QED) is 0.401. The summed E-state index contributed by atoms with van der Waals surface area (Å²) in [5, 5.41) is 18.0. The molecule has 0 saturated carbocycles. The summed E-state index contributed by atoms with van der Waals surface area (Å²) in [5.74, 6) is -1.29. The van der Waals surface area contributed by atoms with Gasteiger partial charge in [-0.25, -0.2) is 4.79 Å². The lowest BCUT2D eigenvalue weighted by molar-refractivity contribution is -0.137. The zero-order chi connectivity index (χ0) is 24.8. The van der Waals surface area contributed by atoms with E-state index in [0.29, 0.717) is 6.42 Å². The third kappa shape index (κ3) is 5.68. The molecular formula is C26H27N3O6. The van der Waals surface area contributed by atoms with Crippen molar-refractivity contribution in [2.45, 2.75) is 44.7 Å². The molecule has 35 heavy (non-hydrogen) atoms. The molecule has 2 aromatic carbocycles. The molecule has 0 bridgehead atoms. The molecule has 0 saturated heterocycles. The first-order valence-electron chi connectivity index (χ1n) is 11.5. The third-order valence-electron chi connectivity index (χ3n) is 5.94. The van der Waals surface area contributed by atoms with Gasteiger partial charge in [0.25, 0.3) is 5.91 Å². The average Bonchev–Trinajstić information content (AvgIpc) is 3.44. The van der Waals surface area contributed by atoms with Crippen molar-refractivity contribution in [3.63, 3.8) is 0 Å². The lowest BCUT2D eigenvalue weighted by Gasteiger charge is -2.14. The summed E-state index contributed by atoms with van der Waals surface area (Å²) in [6, 6.07) is 17.1. The Bertz CT molecular complexity index is 1180. The molecule has 1 aromatic heterocycles. The Kier molecular flexibility index (Phi) is 7.45. The normalized spacial score (nSPS) is 12.9. The SMILES string of the molecule is CCC[C@H](CC(=O)O)NC(=O)c1cc(CNC(=O)OCC2c3ccccc3-c3ccccc32)on1. The maximum atomic E-state index is 12.4. The smallest absolute Gasteiger partial charge is 0.407 e. The van der Waals surface area contributed by atoms with Crippen LogP contribution in [0.25, 0.3) is 11.1 Å². The van der Waals surface area contributed by atoms with Crippen molar-refractivity contribution in [1.29, 1.82) is 0 Å². The van der Waals surface area contributed by atoms with Gasteiger partial charge in [-0.3, -0.25) is 9.59 Å². The molecular weight excluding hydrogens is 450 g/mol. The Morgan fingerprint density at radius 2 is 1.74 bits per heavy atom. The highest BCUT2D eigenvalue weighted by atomic mass is 16.5. The number of hydrogen-bond donors (Lipinski definition) is 3. The lowest BCUT2D eigenvalue weighted by atomic mass is 9.98. The predicted molar refractivity (Wildman–Crippen MR) is 127 cm³/mol. The third-order valence-corrected chi connectivity index (χ3v) is 5.94. The first-order valence-corrected chi connectivity index (χ1v) is 11.5.